The van der Waals surface area contributed by atoms with Gasteiger partial charge in [0.1, 0.15) is 0 Å². The molecule has 0 bridgehead atoms. The number of benzene rings is 2. The van der Waals surface area contributed by atoms with Crippen LogP contribution in [-0.4, -0.2) is 10.7 Å². The van der Waals surface area contributed by atoms with E-state index in [2.05, 4.69) is 0 Å². The molecule has 116 valence electrons. The number of rotatable bonds is 3. The molecular formula is C19H23O2P. The van der Waals surface area contributed by atoms with Crippen LogP contribution >= 0.6 is 7.14 Å². The molecule has 3 heteroatoms. The number of carbonyl (C=O) groups excluding carboxylic acids is 1. The highest BCUT2D eigenvalue weighted by atomic mass is 31.2. The van der Waals surface area contributed by atoms with Crippen LogP contribution in [0.15, 0.2) is 48.5 Å². The second-order valence-corrected chi connectivity index (χ2v) is 10.2. The Morgan fingerprint density at radius 1 is 0.864 bits per heavy atom. The number of aryl methyl sites for hydroxylation is 2. The number of hydrogen-bond donors (Lipinski definition) is 0. The van der Waals surface area contributed by atoms with Gasteiger partial charge in [-0.1, -0.05) is 69.3 Å². The highest BCUT2D eigenvalue weighted by molar-refractivity contribution is 7.88. The van der Waals surface area contributed by atoms with Gasteiger partial charge in [-0.05, 0) is 25.0 Å². The van der Waals surface area contributed by atoms with Gasteiger partial charge in [-0.25, -0.2) is 0 Å². The Kier molecular flexibility index (Phi) is 4.44. The van der Waals surface area contributed by atoms with Gasteiger partial charge in [0.05, 0.1) is 0 Å². The quantitative estimate of drug-likeness (QED) is 0.753. The second kappa shape index (κ2) is 5.85. The van der Waals surface area contributed by atoms with Crippen LogP contribution in [0.1, 0.15) is 42.3 Å². The summed E-state index contributed by atoms with van der Waals surface area (Å²) in [6.07, 6.45) is 0. The van der Waals surface area contributed by atoms with Gasteiger partial charge in [-0.3, -0.25) is 4.79 Å². The van der Waals surface area contributed by atoms with Crippen LogP contribution in [0.5, 0.6) is 0 Å². The molecule has 0 amide bonds. The Labute approximate surface area is 132 Å². The van der Waals surface area contributed by atoms with Crippen molar-refractivity contribution in [3.05, 3.63) is 65.2 Å². The summed E-state index contributed by atoms with van der Waals surface area (Å²) in [5.74, 6) is 0. The monoisotopic (exact) mass is 314 g/mol. The van der Waals surface area contributed by atoms with Crippen molar-refractivity contribution < 1.29 is 9.36 Å². The first-order chi connectivity index (χ1) is 10.2. The minimum absolute atomic E-state index is 0.234. The molecule has 2 rings (SSSR count). The molecule has 0 fully saturated rings. The summed E-state index contributed by atoms with van der Waals surface area (Å²) in [6, 6.07) is 14.9. The van der Waals surface area contributed by atoms with E-state index in [4.69, 9.17) is 0 Å². The standard InChI is InChI=1S/C19H23O2P/c1-14-10-9-11-15(2)17(14)18(20)22(21,19(3,4)5)16-12-7-6-8-13-16/h6-13H,1-5H3. The van der Waals surface area contributed by atoms with Crippen molar-refractivity contribution in [1.29, 1.82) is 0 Å². The van der Waals surface area contributed by atoms with Crippen molar-refractivity contribution in [2.24, 2.45) is 0 Å². The summed E-state index contributed by atoms with van der Waals surface area (Å²) >= 11 is 0. The van der Waals surface area contributed by atoms with Gasteiger partial charge < -0.3 is 4.57 Å². The van der Waals surface area contributed by atoms with E-state index >= 15 is 0 Å². The molecule has 2 aromatic rings. The molecule has 0 saturated carbocycles. The largest absolute Gasteiger partial charge is 0.310 e. The average Bonchev–Trinajstić information content (AvgIpc) is 2.45. The molecule has 0 aromatic heterocycles. The molecule has 0 aliphatic carbocycles. The van der Waals surface area contributed by atoms with Gasteiger partial charge in [0.25, 0.3) is 0 Å². The summed E-state index contributed by atoms with van der Waals surface area (Å²) < 4.78 is 13.9. The molecule has 0 saturated heterocycles. The van der Waals surface area contributed by atoms with E-state index in [0.29, 0.717) is 10.9 Å². The maximum absolute atomic E-state index is 13.9. The van der Waals surface area contributed by atoms with Gasteiger partial charge in [-0.15, -0.1) is 0 Å². The Bertz CT molecular complexity index is 720. The van der Waals surface area contributed by atoms with Crippen LogP contribution in [0.2, 0.25) is 0 Å². The Morgan fingerprint density at radius 3 is 1.82 bits per heavy atom. The first-order valence-electron chi connectivity index (χ1n) is 7.46. The topological polar surface area (TPSA) is 34.1 Å². The molecule has 0 spiro atoms. The molecule has 1 unspecified atom stereocenters. The molecular weight excluding hydrogens is 291 g/mol. The van der Waals surface area contributed by atoms with Crippen LogP contribution in [-0.2, 0) is 4.57 Å². The predicted octanol–water partition coefficient (Wildman–Crippen LogP) is 4.93. The third kappa shape index (κ3) is 2.68. The minimum Gasteiger partial charge on any atom is -0.310 e. The van der Waals surface area contributed by atoms with Gasteiger partial charge in [0.15, 0.2) is 7.14 Å². The lowest BCUT2D eigenvalue weighted by molar-refractivity contribution is 0.107. The van der Waals surface area contributed by atoms with E-state index in [1.165, 1.54) is 0 Å². The molecule has 1 atom stereocenters. The molecule has 0 aliphatic rings. The highest BCUT2D eigenvalue weighted by Crippen LogP contribution is 2.59. The van der Waals surface area contributed by atoms with Crippen molar-refractivity contribution in [2.75, 3.05) is 0 Å². The maximum atomic E-state index is 13.9. The van der Waals surface area contributed by atoms with Gasteiger partial charge >= 0.3 is 0 Å². The van der Waals surface area contributed by atoms with E-state index in [1.807, 2.05) is 71.0 Å². The lowest BCUT2D eigenvalue weighted by Gasteiger charge is -2.31. The molecule has 22 heavy (non-hydrogen) atoms. The summed E-state index contributed by atoms with van der Waals surface area (Å²) in [4.78, 5) is 13.3. The summed E-state index contributed by atoms with van der Waals surface area (Å²) in [7, 11) is -3.26. The number of hydrogen-bond acceptors (Lipinski definition) is 2. The third-order valence-electron chi connectivity index (χ3n) is 4.05. The SMILES string of the molecule is Cc1cccc(C)c1C(=O)P(=O)(c1ccccc1)C(C)(C)C. The van der Waals surface area contributed by atoms with E-state index in [0.717, 1.165) is 11.1 Å². The molecule has 2 nitrogen and oxygen atoms in total. The molecule has 0 radical (unpaired) electrons. The van der Waals surface area contributed by atoms with E-state index in [-0.39, 0.29) is 5.52 Å². The fourth-order valence-corrected chi connectivity index (χ4v) is 5.63. The van der Waals surface area contributed by atoms with Crippen molar-refractivity contribution in [2.45, 2.75) is 39.8 Å². The first kappa shape index (κ1) is 16.7. The normalized spacial score (nSPS) is 14.4. The predicted molar refractivity (Wildman–Crippen MR) is 93.7 cm³/mol. The highest BCUT2D eigenvalue weighted by Gasteiger charge is 2.45. The number of carbonyl (C=O) groups is 1. The minimum atomic E-state index is -3.26. The molecule has 0 N–H and O–H groups in total. The van der Waals surface area contributed by atoms with Gasteiger partial charge in [0, 0.05) is 16.0 Å². The average molecular weight is 314 g/mol. The van der Waals surface area contributed by atoms with Crippen LogP contribution in [0, 0.1) is 13.8 Å². The Hall–Kier alpha value is -1.66. The molecule has 0 aliphatic heterocycles. The summed E-state index contributed by atoms with van der Waals surface area (Å²) in [5, 5.41) is 0.00956. The van der Waals surface area contributed by atoms with E-state index < -0.39 is 12.3 Å². The summed E-state index contributed by atoms with van der Waals surface area (Å²) in [5.41, 5.74) is 2.13. The lowest BCUT2D eigenvalue weighted by Crippen LogP contribution is -2.29. The molecule has 2 aromatic carbocycles. The Morgan fingerprint density at radius 2 is 1.36 bits per heavy atom. The zero-order valence-electron chi connectivity index (χ0n) is 13.9. The Balaban J connectivity index is 2.72. The second-order valence-electron chi connectivity index (χ2n) is 6.69. The maximum Gasteiger partial charge on any atom is 0.226 e. The van der Waals surface area contributed by atoms with Crippen molar-refractivity contribution in [3.63, 3.8) is 0 Å². The first-order valence-corrected chi connectivity index (χ1v) is 9.17. The summed E-state index contributed by atoms with van der Waals surface area (Å²) in [6.45, 7) is 9.45. The van der Waals surface area contributed by atoms with Crippen molar-refractivity contribution in [1.82, 2.24) is 0 Å². The zero-order valence-corrected chi connectivity index (χ0v) is 14.8. The molecule has 0 heterocycles. The lowest BCUT2D eigenvalue weighted by atomic mass is 10.0. The van der Waals surface area contributed by atoms with E-state index in [9.17, 15) is 9.36 Å². The van der Waals surface area contributed by atoms with Crippen LogP contribution in [0.4, 0.5) is 0 Å². The van der Waals surface area contributed by atoms with Crippen molar-refractivity contribution >= 4 is 18.0 Å². The fourth-order valence-electron chi connectivity index (χ4n) is 2.76. The van der Waals surface area contributed by atoms with Crippen LogP contribution < -0.4 is 5.30 Å². The fraction of sp³-hybridized carbons (Fsp3) is 0.316. The van der Waals surface area contributed by atoms with Crippen LogP contribution in [0.3, 0.4) is 0 Å². The van der Waals surface area contributed by atoms with Crippen molar-refractivity contribution in [3.8, 4) is 0 Å². The smallest absolute Gasteiger partial charge is 0.226 e. The van der Waals surface area contributed by atoms with Gasteiger partial charge in [0.2, 0.25) is 5.52 Å². The third-order valence-corrected chi connectivity index (χ3v) is 7.76. The van der Waals surface area contributed by atoms with E-state index in [1.54, 1.807) is 12.1 Å². The van der Waals surface area contributed by atoms with Crippen LogP contribution in [0.25, 0.3) is 0 Å². The zero-order chi connectivity index (χ0) is 16.5. The van der Waals surface area contributed by atoms with Gasteiger partial charge in [-0.2, -0.15) is 0 Å².